The second-order valence-electron chi connectivity index (χ2n) is 23.0. The Hall–Kier alpha value is -6.84. The Morgan fingerprint density at radius 3 is 2.42 bits per heavy atom. The van der Waals surface area contributed by atoms with Gasteiger partial charge in [-0.15, -0.1) is 11.3 Å². The van der Waals surface area contributed by atoms with Gasteiger partial charge in [0.1, 0.15) is 41.3 Å². The first-order valence-electron chi connectivity index (χ1n) is 28.5. The van der Waals surface area contributed by atoms with Gasteiger partial charge in [-0.25, -0.2) is 9.37 Å². The van der Waals surface area contributed by atoms with Gasteiger partial charge in [0, 0.05) is 114 Å². The van der Waals surface area contributed by atoms with Gasteiger partial charge in [0.2, 0.25) is 11.8 Å². The number of aliphatic hydroxyl groups excluding tert-OH is 1. The van der Waals surface area contributed by atoms with Crippen molar-refractivity contribution in [2.45, 2.75) is 96.5 Å². The lowest BCUT2D eigenvalue weighted by atomic mass is 9.91. The molecule has 5 aliphatic heterocycles. The fourth-order valence-corrected chi connectivity index (χ4v) is 13.7. The molecule has 2 amide bonds. The van der Waals surface area contributed by atoms with Crippen molar-refractivity contribution in [2.75, 3.05) is 88.4 Å². The quantitative estimate of drug-likeness (QED) is 0.0706. The van der Waals surface area contributed by atoms with Crippen LogP contribution in [0, 0.1) is 24.6 Å². The fraction of sp³-hybridized carbons (Fsp3) is 0.483. The number of halogens is 1. The third-order valence-corrected chi connectivity index (χ3v) is 18.1. The number of aryl methyl sites for hydroxylation is 2. The first kappa shape index (κ1) is 53.8. The third kappa shape index (κ3) is 10.8. The number of aliphatic hydroxyl groups is 1. The monoisotopic (exact) mass is 1110 g/mol. The van der Waals surface area contributed by atoms with Crippen molar-refractivity contribution in [3.8, 4) is 33.5 Å². The highest BCUT2D eigenvalue weighted by molar-refractivity contribution is 7.13. The van der Waals surface area contributed by atoms with Crippen molar-refractivity contribution in [3.05, 3.63) is 101 Å². The normalized spacial score (nSPS) is 21.7. The summed E-state index contributed by atoms with van der Waals surface area (Å²) in [4.78, 5) is 58.9. The molecule has 0 saturated carbocycles. The van der Waals surface area contributed by atoms with Gasteiger partial charge in [0.25, 0.3) is 0 Å². The van der Waals surface area contributed by atoms with Crippen LogP contribution in [-0.2, 0) is 16.0 Å². The van der Waals surface area contributed by atoms with E-state index in [1.165, 1.54) is 4.90 Å². The number of carbonyl (C=O) groups excluding carboxylic acids is 2. The molecule has 4 aromatic heterocycles. The van der Waals surface area contributed by atoms with E-state index in [4.69, 9.17) is 24.2 Å². The number of anilines is 2. The van der Waals surface area contributed by atoms with Gasteiger partial charge in [-0.3, -0.25) is 19.5 Å². The first-order chi connectivity index (χ1) is 38.7. The van der Waals surface area contributed by atoms with Gasteiger partial charge in [0.15, 0.2) is 17.4 Å². The van der Waals surface area contributed by atoms with Crippen molar-refractivity contribution in [3.63, 3.8) is 0 Å². The van der Waals surface area contributed by atoms with Crippen molar-refractivity contribution < 1.29 is 33.5 Å². The molecule has 4 N–H and O–H groups in total. The summed E-state index contributed by atoms with van der Waals surface area (Å²) in [5.41, 5.74) is 6.66. The Bertz CT molecular complexity index is 3390. The molecule has 2 bridgehead atoms. The lowest BCUT2D eigenvalue weighted by Gasteiger charge is -2.43. The summed E-state index contributed by atoms with van der Waals surface area (Å²) in [6, 6.07) is 18.8. The number of nitrogens with one attached hydrogen (secondary N) is 2. The molecule has 3 aromatic carbocycles. The molecule has 20 heteroatoms. The molecule has 5 saturated heterocycles. The molecule has 18 nitrogen and oxygen atoms in total. The molecule has 80 heavy (non-hydrogen) atoms. The molecule has 5 aliphatic rings. The van der Waals surface area contributed by atoms with Crippen LogP contribution in [-0.4, -0.2) is 165 Å². The summed E-state index contributed by atoms with van der Waals surface area (Å²) >= 11 is 1.59. The van der Waals surface area contributed by atoms with E-state index in [0.717, 1.165) is 116 Å². The number of β-amino-alcohol motifs (C(OH)–C–C–N with tert-alkyl or cyclic N) is 1. The number of hydrogen-bond donors (Lipinski definition) is 4. The van der Waals surface area contributed by atoms with Crippen molar-refractivity contribution in [1.82, 2.24) is 50.4 Å². The van der Waals surface area contributed by atoms with Crippen LogP contribution in [0.3, 0.4) is 0 Å². The maximum absolute atomic E-state index is 17.1. The van der Waals surface area contributed by atoms with Crippen molar-refractivity contribution >= 4 is 56.5 Å². The Morgan fingerprint density at radius 2 is 1.70 bits per heavy atom. The van der Waals surface area contributed by atoms with Crippen LogP contribution in [0.1, 0.15) is 81.5 Å². The number of pyridine rings is 1. The zero-order valence-electron chi connectivity index (χ0n) is 46.1. The number of aromatic nitrogens is 5. The minimum atomic E-state index is -0.820. The Morgan fingerprint density at radius 1 is 0.938 bits per heavy atom. The lowest BCUT2D eigenvalue weighted by molar-refractivity contribution is -0.141. The molecule has 420 valence electrons. The number of aromatic hydroxyl groups is 1. The Balaban J connectivity index is 0.640. The number of phenols is 1. The number of hydrogen-bond acceptors (Lipinski definition) is 17. The molecule has 9 heterocycles. The summed E-state index contributed by atoms with van der Waals surface area (Å²) < 4.78 is 29.4. The number of piperazine rings is 2. The molecular weight excluding hydrogens is 1040 g/mol. The van der Waals surface area contributed by atoms with Crippen LogP contribution in [0.5, 0.6) is 11.8 Å². The number of phenolic OH excluding ortho intramolecular Hbond substituents is 1. The molecular formula is C60H71FN12O6S. The molecule has 0 radical (unpaired) electrons. The highest BCUT2D eigenvalue weighted by Crippen LogP contribution is 2.40. The SMILES string of the molecule is CCc1cccc2cc(O)cc(-c3ncc4c(N5CC6CCC(C5)N6)nc(OCCN5CCN(CC6CN(c7cc([C@@H](C(=O)N8C[C@H](O)C[C@H]8C(=O)N[C@@H](C)c8ccc(-c9scnc9C)cc8)C(C)C)on7)C6)CC5)nc4c3F)c12. The zero-order valence-corrected chi connectivity index (χ0v) is 47.0. The summed E-state index contributed by atoms with van der Waals surface area (Å²) in [5, 5.41) is 35.0. The fourth-order valence-electron chi connectivity index (χ4n) is 12.8. The topological polar surface area (TPSA) is 202 Å². The van der Waals surface area contributed by atoms with E-state index in [0.29, 0.717) is 59.5 Å². The predicted molar refractivity (Wildman–Crippen MR) is 307 cm³/mol. The van der Waals surface area contributed by atoms with Crippen LogP contribution >= 0.6 is 11.3 Å². The number of thiazole rings is 1. The van der Waals surface area contributed by atoms with E-state index >= 15 is 4.39 Å². The summed E-state index contributed by atoms with van der Waals surface area (Å²) in [5.74, 6) is 0.299. The van der Waals surface area contributed by atoms with Crippen LogP contribution in [0.4, 0.5) is 16.0 Å². The summed E-state index contributed by atoms with van der Waals surface area (Å²) in [6.07, 6.45) is 3.92. The van der Waals surface area contributed by atoms with E-state index in [1.54, 1.807) is 29.7 Å². The Labute approximate surface area is 469 Å². The van der Waals surface area contributed by atoms with Gasteiger partial charge in [-0.05, 0) is 78.6 Å². The smallest absolute Gasteiger partial charge is 0.319 e. The van der Waals surface area contributed by atoms with Crippen LogP contribution in [0.15, 0.2) is 76.9 Å². The third-order valence-electron chi connectivity index (χ3n) is 17.1. The van der Waals surface area contributed by atoms with E-state index in [1.807, 2.05) is 81.7 Å². The average molecular weight is 1110 g/mol. The highest BCUT2D eigenvalue weighted by Gasteiger charge is 2.44. The number of likely N-dealkylation sites (tertiary alicyclic amines) is 1. The number of carbonyl (C=O) groups is 2. The van der Waals surface area contributed by atoms with Gasteiger partial charge >= 0.3 is 6.01 Å². The molecule has 0 spiro atoms. The number of rotatable bonds is 17. The molecule has 6 atom stereocenters. The van der Waals surface area contributed by atoms with E-state index in [2.05, 4.69) is 47.3 Å². The maximum Gasteiger partial charge on any atom is 0.319 e. The summed E-state index contributed by atoms with van der Waals surface area (Å²) in [6.45, 7) is 18.6. The predicted octanol–water partition coefficient (Wildman–Crippen LogP) is 7.32. The number of nitrogens with zero attached hydrogens (tertiary/aromatic N) is 10. The standard InChI is InChI=1S/C60H71FN12O6S/c1-6-38-8-7-9-41-22-44(74)23-46(52(38)41)54-53(61)55-47(26-62-54)57(72-30-42-14-15-43(31-72)65-42)67-60(66-55)78-21-20-69-16-18-70(19-17-69)27-37-28-71(29-37)50-25-49(79-68-50)51(34(2)3)59(77)73-32-45(75)24-48(73)58(76)64-35(4)39-10-12-40(13-11-39)56-36(5)63-33-80-56/h7-13,22-23,25-26,33-35,37,42-43,45,48,51,65,74-75H,6,14-21,24,27-32H2,1-5H3,(H,64,76)/t35-,42?,43?,45+,48-,51-/m0/s1. The van der Waals surface area contributed by atoms with Gasteiger partial charge in [-0.2, -0.15) is 9.97 Å². The first-order valence-corrected chi connectivity index (χ1v) is 29.3. The molecule has 12 rings (SSSR count). The van der Waals surface area contributed by atoms with Gasteiger partial charge in [0.05, 0.1) is 33.6 Å². The molecule has 7 aromatic rings. The lowest BCUT2D eigenvalue weighted by Crippen LogP contribution is -2.55. The highest BCUT2D eigenvalue weighted by atomic mass is 32.1. The molecule has 5 fully saturated rings. The van der Waals surface area contributed by atoms with Crippen LogP contribution in [0.25, 0.3) is 43.4 Å². The minimum Gasteiger partial charge on any atom is -0.508 e. The number of benzene rings is 3. The minimum absolute atomic E-state index is 0.0409. The second-order valence-corrected chi connectivity index (χ2v) is 23.9. The van der Waals surface area contributed by atoms with Crippen LogP contribution in [0.2, 0.25) is 0 Å². The van der Waals surface area contributed by atoms with Gasteiger partial charge in [-0.1, -0.05) is 68.4 Å². The number of amides is 2. The van der Waals surface area contributed by atoms with Crippen molar-refractivity contribution in [1.29, 1.82) is 0 Å². The van der Waals surface area contributed by atoms with Crippen LogP contribution < -0.4 is 25.2 Å². The largest absolute Gasteiger partial charge is 0.508 e. The molecule has 0 aliphatic carbocycles. The second kappa shape index (κ2) is 22.6. The number of ether oxygens (including phenoxy) is 1. The average Bonchev–Trinajstić information content (AvgIpc) is 4.30. The van der Waals surface area contributed by atoms with Gasteiger partial charge < -0.3 is 49.7 Å². The zero-order chi connectivity index (χ0) is 55.3. The van der Waals surface area contributed by atoms with E-state index < -0.39 is 23.9 Å². The molecule has 2 unspecified atom stereocenters. The Kier molecular flexibility index (Phi) is 15.2. The maximum atomic E-state index is 17.1. The van der Waals surface area contributed by atoms with E-state index in [-0.39, 0.29) is 59.7 Å². The van der Waals surface area contributed by atoms with Crippen molar-refractivity contribution in [2.24, 2.45) is 11.8 Å². The number of fused-ring (bicyclic) bond motifs is 4. The van der Waals surface area contributed by atoms with E-state index in [9.17, 15) is 19.8 Å². The summed E-state index contributed by atoms with van der Waals surface area (Å²) in [7, 11) is 0.